The molecule has 1 aliphatic rings. The first-order chi connectivity index (χ1) is 13.4. The van der Waals surface area contributed by atoms with E-state index in [9.17, 15) is 13.2 Å². The molecule has 8 heteroatoms. The van der Waals surface area contributed by atoms with E-state index in [1.165, 1.54) is 11.4 Å². The Kier molecular flexibility index (Phi) is 5.79. The van der Waals surface area contributed by atoms with Gasteiger partial charge in [0.25, 0.3) is 15.9 Å². The summed E-state index contributed by atoms with van der Waals surface area (Å²) in [5.74, 6) is 0.259. The smallest absolute Gasteiger partial charge is 0.268 e. The summed E-state index contributed by atoms with van der Waals surface area (Å²) in [6, 6.07) is 11.8. The highest BCUT2D eigenvalue weighted by Gasteiger charge is 2.38. The highest BCUT2D eigenvalue weighted by Crippen LogP contribution is 2.38. The predicted octanol–water partition coefficient (Wildman–Crippen LogP) is 2.49. The molecule has 0 aromatic heterocycles. The number of carbonyl (C=O) groups is 1. The number of aryl methyl sites for hydroxylation is 1. The number of nitrogens with zero attached hydrogens (tertiary/aromatic N) is 1. The standard InChI is InChI=1S/C20H24N2O5S/c1-4-11-21-20(23)18-13-22(15-7-5-6-8-16(15)27-18)28(24,25)19-12-14(2)9-10-17(19)26-3/h5-10,12,18H,4,11,13H2,1-3H3,(H,21,23)/t18-/m1/s1. The number of anilines is 1. The van der Waals surface area contributed by atoms with E-state index in [0.29, 0.717) is 18.0 Å². The minimum Gasteiger partial charge on any atom is -0.495 e. The number of carbonyl (C=O) groups excluding carboxylic acids is 1. The third-order valence-corrected chi connectivity index (χ3v) is 6.26. The number of para-hydroxylation sites is 2. The number of hydrogen-bond donors (Lipinski definition) is 1. The monoisotopic (exact) mass is 404 g/mol. The van der Waals surface area contributed by atoms with Crippen LogP contribution in [-0.4, -0.2) is 40.6 Å². The van der Waals surface area contributed by atoms with Crippen LogP contribution in [0.25, 0.3) is 0 Å². The molecule has 1 atom stereocenters. The fourth-order valence-electron chi connectivity index (χ4n) is 3.03. The van der Waals surface area contributed by atoms with Crippen molar-refractivity contribution in [2.75, 3.05) is 24.5 Å². The van der Waals surface area contributed by atoms with Crippen molar-refractivity contribution in [3.63, 3.8) is 0 Å². The molecule has 3 rings (SSSR count). The highest BCUT2D eigenvalue weighted by molar-refractivity contribution is 7.93. The molecule has 28 heavy (non-hydrogen) atoms. The van der Waals surface area contributed by atoms with Gasteiger partial charge >= 0.3 is 0 Å². The fraction of sp³-hybridized carbons (Fsp3) is 0.350. The Morgan fingerprint density at radius 3 is 2.75 bits per heavy atom. The summed E-state index contributed by atoms with van der Waals surface area (Å²) in [5.41, 5.74) is 1.18. The van der Waals surface area contributed by atoms with E-state index in [1.54, 1.807) is 42.5 Å². The van der Waals surface area contributed by atoms with Crippen molar-refractivity contribution in [1.29, 1.82) is 0 Å². The Labute approximate surface area is 165 Å². The summed E-state index contributed by atoms with van der Waals surface area (Å²) in [4.78, 5) is 12.5. The van der Waals surface area contributed by atoms with E-state index >= 15 is 0 Å². The van der Waals surface area contributed by atoms with Crippen molar-refractivity contribution >= 4 is 21.6 Å². The summed E-state index contributed by atoms with van der Waals surface area (Å²) in [5, 5.41) is 2.77. The van der Waals surface area contributed by atoms with Crippen molar-refractivity contribution in [2.45, 2.75) is 31.3 Å². The second-order valence-corrected chi connectivity index (χ2v) is 8.39. The lowest BCUT2D eigenvalue weighted by Crippen LogP contribution is -2.50. The lowest BCUT2D eigenvalue weighted by atomic mass is 10.2. The van der Waals surface area contributed by atoms with E-state index < -0.39 is 16.1 Å². The lowest BCUT2D eigenvalue weighted by molar-refractivity contribution is -0.127. The second kappa shape index (κ2) is 8.10. The van der Waals surface area contributed by atoms with Crippen molar-refractivity contribution in [3.05, 3.63) is 48.0 Å². The number of ether oxygens (including phenoxy) is 2. The minimum atomic E-state index is -3.98. The molecule has 1 aliphatic heterocycles. The first-order valence-electron chi connectivity index (χ1n) is 9.09. The number of sulfonamides is 1. The number of methoxy groups -OCH3 is 1. The molecular weight excluding hydrogens is 380 g/mol. The molecule has 0 fully saturated rings. The molecule has 0 radical (unpaired) electrons. The van der Waals surface area contributed by atoms with Crippen LogP contribution in [0, 0.1) is 6.92 Å². The Morgan fingerprint density at radius 1 is 1.29 bits per heavy atom. The SMILES string of the molecule is CCCNC(=O)[C@H]1CN(S(=O)(=O)c2cc(C)ccc2OC)c2ccccc2O1. The van der Waals surface area contributed by atoms with Gasteiger partial charge in [-0.3, -0.25) is 9.10 Å². The number of fused-ring (bicyclic) bond motifs is 1. The molecule has 0 spiro atoms. The quantitative estimate of drug-likeness (QED) is 0.800. The zero-order valence-corrected chi connectivity index (χ0v) is 17.0. The van der Waals surface area contributed by atoms with Gasteiger partial charge in [-0.2, -0.15) is 0 Å². The van der Waals surface area contributed by atoms with Crippen LogP contribution in [0.15, 0.2) is 47.4 Å². The van der Waals surface area contributed by atoms with E-state index in [1.807, 2.05) is 13.8 Å². The van der Waals surface area contributed by atoms with Crippen molar-refractivity contribution in [3.8, 4) is 11.5 Å². The Balaban J connectivity index is 2.06. The molecule has 0 unspecified atom stereocenters. The maximum atomic E-state index is 13.5. The number of benzene rings is 2. The van der Waals surface area contributed by atoms with Gasteiger partial charge in [0.15, 0.2) is 6.10 Å². The second-order valence-electron chi connectivity index (χ2n) is 6.56. The van der Waals surface area contributed by atoms with Crippen LogP contribution in [0.4, 0.5) is 5.69 Å². The summed E-state index contributed by atoms with van der Waals surface area (Å²) >= 11 is 0. The predicted molar refractivity (Wildman–Crippen MR) is 106 cm³/mol. The van der Waals surface area contributed by atoms with Crippen LogP contribution >= 0.6 is 0 Å². The lowest BCUT2D eigenvalue weighted by Gasteiger charge is -2.35. The Hall–Kier alpha value is -2.74. The maximum absolute atomic E-state index is 13.5. The van der Waals surface area contributed by atoms with Gasteiger partial charge in [-0.05, 0) is 43.2 Å². The molecule has 1 heterocycles. The van der Waals surface area contributed by atoms with Crippen LogP contribution in [0.2, 0.25) is 0 Å². The van der Waals surface area contributed by atoms with Gasteiger partial charge in [-0.25, -0.2) is 8.42 Å². The summed E-state index contributed by atoms with van der Waals surface area (Å²) in [7, 11) is -2.55. The van der Waals surface area contributed by atoms with Crippen LogP contribution in [0.5, 0.6) is 11.5 Å². The molecular formula is C20H24N2O5S. The first kappa shape index (κ1) is 20.0. The molecule has 7 nitrogen and oxygen atoms in total. The van der Waals surface area contributed by atoms with Crippen LogP contribution in [0.1, 0.15) is 18.9 Å². The number of hydrogen-bond acceptors (Lipinski definition) is 5. The number of amides is 1. The summed E-state index contributed by atoms with van der Waals surface area (Å²) < 4.78 is 39.3. The van der Waals surface area contributed by atoms with Gasteiger partial charge in [0.05, 0.1) is 19.3 Å². The molecule has 2 aromatic rings. The highest BCUT2D eigenvalue weighted by atomic mass is 32.2. The molecule has 1 N–H and O–H groups in total. The minimum absolute atomic E-state index is 0.0550. The third kappa shape index (κ3) is 3.77. The van der Waals surface area contributed by atoms with Crippen LogP contribution in [0.3, 0.4) is 0 Å². The van der Waals surface area contributed by atoms with Crippen LogP contribution in [-0.2, 0) is 14.8 Å². The van der Waals surface area contributed by atoms with E-state index in [0.717, 1.165) is 12.0 Å². The molecule has 0 saturated heterocycles. The van der Waals surface area contributed by atoms with Gasteiger partial charge in [-0.1, -0.05) is 25.1 Å². The van der Waals surface area contributed by atoms with E-state index in [-0.39, 0.29) is 23.1 Å². The molecule has 0 bridgehead atoms. The molecule has 0 aliphatic carbocycles. The zero-order valence-electron chi connectivity index (χ0n) is 16.1. The average molecular weight is 404 g/mol. The fourth-order valence-corrected chi connectivity index (χ4v) is 4.75. The largest absolute Gasteiger partial charge is 0.495 e. The maximum Gasteiger partial charge on any atom is 0.268 e. The molecule has 2 aromatic carbocycles. The van der Waals surface area contributed by atoms with Crippen molar-refractivity contribution in [1.82, 2.24) is 5.32 Å². The van der Waals surface area contributed by atoms with Gasteiger partial charge < -0.3 is 14.8 Å². The van der Waals surface area contributed by atoms with Gasteiger partial charge in [0.2, 0.25) is 0 Å². The number of rotatable bonds is 6. The zero-order chi connectivity index (χ0) is 20.3. The third-order valence-electron chi connectivity index (χ3n) is 4.46. The van der Waals surface area contributed by atoms with E-state index in [4.69, 9.17) is 9.47 Å². The van der Waals surface area contributed by atoms with E-state index in [2.05, 4.69) is 5.32 Å². The van der Waals surface area contributed by atoms with Gasteiger partial charge in [-0.15, -0.1) is 0 Å². The Morgan fingerprint density at radius 2 is 2.04 bits per heavy atom. The summed E-state index contributed by atoms with van der Waals surface area (Å²) in [6.07, 6.45) is -0.163. The Bertz CT molecular complexity index is 974. The molecule has 150 valence electrons. The molecule has 1 amide bonds. The van der Waals surface area contributed by atoms with Crippen molar-refractivity contribution < 1.29 is 22.7 Å². The van der Waals surface area contributed by atoms with Gasteiger partial charge in [0.1, 0.15) is 16.4 Å². The number of nitrogens with one attached hydrogen (secondary N) is 1. The normalized spacial score (nSPS) is 16.1. The van der Waals surface area contributed by atoms with Gasteiger partial charge in [0, 0.05) is 6.54 Å². The van der Waals surface area contributed by atoms with Crippen molar-refractivity contribution in [2.24, 2.45) is 0 Å². The first-order valence-corrected chi connectivity index (χ1v) is 10.5. The van der Waals surface area contributed by atoms with Crippen LogP contribution < -0.4 is 19.1 Å². The topological polar surface area (TPSA) is 84.9 Å². The average Bonchev–Trinajstić information content (AvgIpc) is 2.71. The molecule has 0 saturated carbocycles. The summed E-state index contributed by atoms with van der Waals surface area (Å²) in [6.45, 7) is 4.13.